The Morgan fingerprint density at radius 3 is 2.60 bits per heavy atom. The summed E-state index contributed by atoms with van der Waals surface area (Å²) in [6, 6.07) is 3.77. The molecule has 0 spiro atoms. The molecule has 0 fully saturated rings. The van der Waals surface area contributed by atoms with Gasteiger partial charge in [0.25, 0.3) is 0 Å². The maximum absolute atomic E-state index is 5.50. The Balaban J connectivity index is 1.95. The minimum atomic E-state index is 0.525. The summed E-state index contributed by atoms with van der Waals surface area (Å²) in [5.41, 5.74) is 0. The monoisotopic (exact) mass is 283 g/mol. The van der Waals surface area contributed by atoms with E-state index in [0.29, 0.717) is 13.2 Å². The van der Waals surface area contributed by atoms with E-state index >= 15 is 0 Å². The van der Waals surface area contributed by atoms with Gasteiger partial charge in [-0.05, 0) is 25.0 Å². The summed E-state index contributed by atoms with van der Waals surface area (Å²) in [7, 11) is 3.47. The molecule has 6 nitrogen and oxygen atoms in total. The Morgan fingerprint density at radius 1 is 1.25 bits per heavy atom. The van der Waals surface area contributed by atoms with Gasteiger partial charge in [-0.2, -0.15) is 0 Å². The van der Waals surface area contributed by atoms with Crippen molar-refractivity contribution in [2.45, 2.75) is 19.4 Å². The highest BCUT2D eigenvalue weighted by Gasteiger charge is 1.98. The lowest BCUT2D eigenvalue weighted by molar-refractivity contribution is 0.105. The molecule has 0 bridgehead atoms. The van der Waals surface area contributed by atoms with E-state index in [1.165, 1.54) is 0 Å². The van der Waals surface area contributed by atoms with Crippen LogP contribution in [0.1, 0.15) is 18.6 Å². The highest BCUT2D eigenvalue weighted by molar-refractivity contribution is 5.79. The van der Waals surface area contributed by atoms with Gasteiger partial charge in [0.1, 0.15) is 12.4 Å². The van der Waals surface area contributed by atoms with Crippen LogP contribution in [0.25, 0.3) is 0 Å². The van der Waals surface area contributed by atoms with Crippen LogP contribution in [-0.4, -0.2) is 46.4 Å². The van der Waals surface area contributed by atoms with Crippen LogP contribution in [0, 0.1) is 0 Å². The van der Waals surface area contributed by atoms with Crippen molar-refractivity contribution < 1.29 is 13.9 Å². The lowest BCUT2D eigenvalue weighted by Crippen LogP contribution is -2.38. The minimum Gasteiger partial charge on any atom is -0.467 e. The molecule has 0 saturated carbocycles. The molecule has 0 aliphatic heterocycles. The van der Waals surface area contributed by atoms with Crippen molar-refractivity contribution in [2.24, 2.45) is 4.99 Å². The van der Waals surface area contributed by atoms with Crippen LogP contribution in [0.2, 0.25) is 0 Å². The molecule has 0 aliphatic carbocycles. The molecule has 0 amide bonds. The second-order valence-electron chi connectivity index (χ2n) is 4.26. The number of nitrogens with zero attached hydrogens (tertiary/aromatic N) is 1. The van der Waals surface area contributed by atoms with Crippen LogP contribution in [0.3, 0.4) is 0 Å². The molecule has 0 unspecified atom stereocenters. The van der Waals surface area contributed by atoms with Crippen LogP contribution in [0.4, 0.5) is 0 Å². The van der Waals surface area contributed by atoms with Crippen molar-refractivity contribution in [3.63, 3.8) is 0 Å². The molecule has 1 aromatic rings. The zero-order chi connectivity index (χ0) is 14.5. The molecule has 0 aromatic carbocycles. The van der Waals surface area contributed by atoms with Gasteiger partial charge in [-0.25, -0.2) is 0 Å². The van der Waals surface area contributed by atoms with Crippen LogP contribution in [-0.2, 0) is 16.1 Å². The fourth-order valence-corrected chi connectivity index (χ4v) is 1.59. The number of ether oxygens (including phenoxy) is 2. The standard InChI is InChI=1S/C14H25N3O3/c1-15-14(16-7-4-9-18-2)17-8-5-10-19-12-13-6-3-11-20-13/h3,6,11H,4-5,7-10,12H2,1-2H3,(H2,15,16,17). The Hall–Kier alpha value is -1.53. The number of furan rings is 1. The first kappa shape index (κ1) is 16.5. The molecule has 2 N–H and O–H groups in total. The Bertz CT molecular complexity index is 353. The molecule has 1 rings (SSSR count). The number of nitrogens with one attached hydrogen (secondary N) is 2. The molecular weight excluding hydrogens is 258 g/mol. The van der Waals surface area contributed by atoms with Gasteiger partial charge in [0.2, 0.25) is 0 Å². The average Bonchev–Trinajstić information content (AvgIpc) is 2.98. The molecule has 114 valence electrons. The average molecular weight is 283 g/mol. The van der Waals surface area contributed by atoms with Crippen LogP contribution < -0.4 is 10.6 Å². The first-order valence-electron chi connectivity index (χ1n) is 6.90. The van der Waals surface area contributed by atoms with E-state index in [1.807, 2.05) is 12.1 Å². The van der Waals surface area contributed by atoms with Crippen molar-refractivity contribution in [2.75, 3.05) is 40.5 Å². The first-order valence-corrected chi connectivity index (χ1v) is 6.90. The van der Waals surface area contributed by atoms with E-state index in [9.17, 15) is 0 Å². The molecule has 6 heteroatoms. The van der Waals surface area contributed by atoms with Gasteiger partial charge in [0.15, 0.2) is 5.96 Å². The van der Waals surface area contributed by atoms with Crippen LogP contribution in [0.5, 0.6) is 0 Å². The van der Waals surface area contributed by atoms with E-state index in [-0.39, 0.29) is 0 Å². The van der Waals surface area contributed by atoms with Gasteiger partial charge in [-0.15, -0.1) is 0 Å². The predicted molar refractivity (Wildman–Crippen MR) is 78.8 cm³/mol. The van der Waals surface area contributed by atoms with Crippen molar-refractivity contribution in [1.82, 2.24) is 10.6 Å². The van der Waals surface area contributed by atoms with E-state index in [2.05, 4.69) is 15.6 Å². The fourth-order valence-electron chi connectivity index (χ4n) is 1.59. The predicted octanol–water partition coefficient (Wildman–Crippen LogP) is 1.39. The molecule has 0 atom stereocenters. The summed E-state index contributed by atoms with van der Waals surface area (Å²) in [5.74, 6) is 1.67. The molecule has 0 aliphatic rings. The third kappa shape index (κ3) is 7.81. The van der Waals surface area contributed by atoms with Crippen molar-refractivity contribution in [3.05, 3.63) is 24.2 Å². The van der Waals surface area contributed by atoms with Gasteiger partial charge >= 0.3 is 0 Å². The molecule has 20 heavy (non-hydrogen) atoms. The molecular formula is C14H25N3O3. The summed E-state index contributed by atoms with van der Waals surface area (Å²) < 4.78 is 15.7. The number of aliphatic imine (C=N–C) groups is 1. The van der Waals surface area contributed by atoms with Gasteiger partial charge in [-0.1, -0.05) is 0 Å². The topological polar surface area (TPSA) is 68.0 Å². The molecule has 1 aromatic heterocycles. The van der Waals surface area contributed by atoms with Crippen molar-refractivity contribution in [1.29, 1.82) is 0 Å². The van der Waals surface area contributed by atoms with Gasteiger partial charge < -0.3 is 24.5 Å². The third-order valence-corrected chi connectivity index (χ3v) is 2.62. The fraction of sp³-hybridized carbons (Fsp3) is 0.643. The largest absolute Gasteiger partial charge is 0.467 e. The number of guanidine groups is 1. The van der Waals surface area contributed by atoms with Gasteiger partial charge in [-0.3, -0.25) is 4.99 Å². The second kappa shape index (κ2) is 11.3. The zero-order valence-electron chi connectivity index (χ0n) is 12.4. The quantitative estimate of drug-likeness (QED) is 0.386. The Kier molecular flexibility index (Phi) is 9.34. The van der Waals surface area contributed by atoms with Crippen LogP contribution >= 0.6 is 0 Å². The lowest BCUT2D eigenvalue weighted by Gasteiger charge is -2.11. The van der Waals surface area contributed by atoms with Gasteiger partial charge in [0, 0.05) is 40.5 Å². The zero-order valence-corrected chi connectivity index (χ0v) is 12.4. The number of methoxy groups -OCH3 is 1. The summed E-state index contributed by atoms with van der Waals surface area (Å²) >= 11 is 0. The van der Waals surface area contributed by atoms with Gasteiger partial charge in [0.05, 0.1) is 6.26 Å². The highest BCUT2D eigenvalue weighted by atomic mass is 16.5. The SMILES string of the molecule is CN=C(NCCCOC)NCCCOCc1ccco1. The van der Waals surface area contributed by atoms with E-state index in [0.717, 1.165) is 44.3 Å². The van der Waals surface area contributed by atoms with E-state index < -0.39 is 0 Å². The smallest absolute Gasteiger partial charge is 0.190 e. The van der Waals surface area contributed by atoms with E-state index in [1.54, 1.807) is 20.4 Å². The minimum absolute atomic E-state index is 0.525. The summed E-state index contributed by atoms with van der Waals surface area (Å²) in [4.78, 5) is 4.14. The maximum Gasteiger partial charge on any atom is 0.190 e. The van der Waals surface area contributed by atoms with Crippen LogP contribution in [0.15, 0.2) is 27.8 Å². The Morgan fingerprint density at radius 2 is 2.00 bits per heavy atom. The van der Waals surface area contributed by atoms with Crippen molar-refractivity contribution >= 4 is 5.96 Å². The maximum atomic E-state index is 5.50. The van der Waals surface area contributed by atoms with Crippen molar-refractivity contribution in [3.8, 4) is 0 Å². The molecule has 0 radical (unpaired) electrons. The second-order valence-corrected chi connectivity index (χ2v) is 4.26. The lowest BCUT2D eigenvalue weighted by atomic mass is 10.4. The third-order valence-electron chi connectivity index (χ3n) is 2.62. The summed E-state index contributed by atoms with van der Waals surface area (Å²) in [6.45, 7) is 3.64. The summed E-state index contributed by atoms with van der Waals surface area (Å²) in [6.07, 6.45) is 3.53. The summed E-state index contributed by atoms with van der Waals surface area (Å²) in [5, 5.41) is 6.46. The molecule has 1 heterocycles. The number of hydrogen-bond donors (Lipinski definition) is 2. The molecule has 0 saturated heterocycles. The normalized spacial score (nSPS) is 11.6. The van der Waals surface area contributed by atoms with E-state index in [4.69, 9.17) is 13.9 Å². The number of hydrogen-bond acceptors (Lipinski definition) is 4. The Labute approximate surface area is 120 Å². The number of rotatable bonds is 10. The first-order chi connectivity index (χ1) is 9.86. The highest BCUT2D eigenvalue weighted by Crippen LogP contribution is 2.01.